The van der Waals surface area contributed by atoms with Crippen LogP contribution in [0.25, 0.3) is 0 Å². The molecule has 1 atom stereocenters. The molecule has 0 bridgehead atoms. The van der Waals surface area contributed by atoms with Crippen molar-refractivity contribution in [3.8, 4) is 0 Å². The summed E-state index contributed by atoms with van der Waals surface area (Å²) in [6, 6.07) is 0. The molecule has 21 heavy (non-hydrogen) atoms. The van der Waals surface area contributed by atoms with Gasteiger partial charge in [0.2, 0.25) is 0 Å². The lowest BCUT2D eigenvalue weighted by molar-refractivity contribution is -0.142. The average molecular weight is 310 g/mol. The Morgan fingerprint density at radius 3 is 2.52 bits per heavy atom. The van der Waals surface area contributed by atoms with Gasteiger partial charge in [-0.15, -0.1) is 0 Å². The van der Waals surface area contributed by atoms with Crippen LogP contribution in [0.1, 0.15) is 47.2 Å². The lowest BCUT2D eigenvalue weighted by Gasteiger charge is -2.26. The van der Waals surface area contributed by atoms with Crippen molar-refractivity contribution in [3.05, 3.63) is 17.2 Å². The standard InChI is InChI=1S/C14H18N2O4S/c17-13(18)9-1-2-10-11(14(19)20)15-12(16(10)7-9)8-3-5-21-6-4-8/h8-9H,1-7H2,(H,17,18)(H,19,20). The van der Waals surface area contributed by atoms with Crippen molar-refractivity contribution in [1.82, 2.24) is 9.55 Å². The molecule has 1 unspecified atom stereocenters. The lowest BCUT2D eigenvalue weighted by Crippen LogP contribution is -2.29. The second-order valence-corrected chi connectivity index (χ2v) is 6.87. The molecule has 0 radical (unpaired) electrons. The first-order valence-electron chi connectivity index (χ1n) is 7.21. The second kappa shape index (κ2) is 5.71. The molecule has 2 aliphatic rings. The monoisotopic (exact) mass is 310 g/mol. The fourth-order valence-electron chi connectivity index (χ4n) is 3.23. The van der Waals surface area contributed by atoms with Gasteiger partial charge < -0.3 is 14.8 Å². The fraction of sp³-hybridized carbons (Fsp3) is 0.643. The van der Waals surface area contributed by atoms with E-state index in [-0.39, 0.29) is 11.6 Å². The summed E-state index contributed by atoms with van der Waals surface area (Å²) in [6.45, 7) is 0.351. The van der Waals surface area contributed by atoms with Gasteiger partial charge >= 0.3 is 11.9 Å². The highest BCUT2D eigenvalue weighted by Crippen LogP contribution is 2.35. The first-order valence-corrected chi connectivity index (χ1v) is 8.36. The predicted octanol–water partition coefficient (Wildman–Crippen LogP) is 1.84. The van der Waals surface area contributed by atoms with E-state index in [4.69, 9.17) is 0 Å². The van der Waals surface area contributed by atoms with Crippen molar-refractivity contribution in [1.29, 1.82) is 0 Å². The fourth-order valence-corrected chi connectivity index (χ4v) is 4.33. The summed E-state index contributed by atoms with van der Waals surface area (Å²) in [5.41, 5.74) is 0.820. The molecule has 114 valence electrons. The quantitative estimate of drug-likeness (QED) is 0.885. The summed E-state index contributed by atoms with van der Waals surface area (Å²) in [5, 5.41) is 18.6. The third-order valence-electron chi connectivity index (χ3n) is 4.37. The Labute approximate surface area is 126 Å². The molecule has 2 aliphatic heterocycles. The summed E-state index contributed by atoms with van der Waals surface area (Å²) in [6.07, 6.45) is 2.93. The number of imidazole rings is 1. The number of thioether (sulfide) groups is 1. The zero-order valence-electron chi connectivity index (χ0n) is 11.6. The molecule has 3 rings (SSSR count). The van der Waals surface area contributed by atoms with Gasteiger partial charge in [0.05, 0.1) is 11.6 Å². The Hall–Kier alpha value is -1.50. The number of aromatic carboxylic acids is 1. The number of hydrogen-bond donors (Lipinski definition) is 2. The van der Waals surface area contributed by atoms with Crippen molar-refractivity contribution < 1.29 is 19.8 Å². The molecule has 1 aromatic rings. The van der Waals surface area contributed by atoms with Crippen LogP contribution in [0.15, 0.2) is 0 Å². The molecule has 7 heteroatoms. The predicted molar refractivity (Wildman–Crippen MR) is 77.9 cm³/mol. The summed E-state index contributed by atoms with van der Waals surface area (Å²) in [7, 11) is 0. The number of aliphatic carboxylic acids is 1. The Bertz CT molecular complexity index is 578. The number of nitrogens with zero attached hydrogens (tertiary/aromatic N) is 2. The van der Waals surface area contributed by atoms with Crippen molar-refractivity contribution in [2.24, 2.45) is 5.92 Å². The molecular formula is C14H18N2O4S. The van der Waals surface area contributed by atoms with Crippen molar-refractivity contribution >= 4 is 23.7 Å². The minimum Gasteiger partial charge on any atom is -0.481 e. The number of carboxylic acid groups (broad SMARTS) is 2. The highest BCUT2D eigenvalue weighted by Gasteiger charge is 2.33. The molecule has 2 N–H and O–H groups in total. The summed E-state index contributed by atoms with van der Waals surface area (Å²) in [5.74, 6) is 0.889. The first-order chi connectivity index (χ1) is 10.1. The van der Waals surface area contributed by atoms with Gasteiger partial charge in [-0.25, -0.2) is 9.78 Å². The molecule has 1 saturated heterocycles. The maximum atomic E-state index is 11.4. The van der Waals surface area contributed by atoms with E-state index in [1.165, 1.54) is 0 Å². The topological polar surface area (TPSA) is 92.4 Å². The molecule has 0 aromatic carbocycles. The van der Waals surface area contributed by atoms with Crippen LogP contribution in [0.2, 0.25) is 0 Å². The molecule has 0 saturated carbocycles. The van der Waals surface area contributed by atoms with E-state index in [0.29, 0.717) is 25.1 Å². The van der Waals surface area contributed by atoms with Crippen LogP contribution >= 0.6 is 11.8 Å². The maximum Gasteiger partial charge on any atom is 0.356 e. The largest absolute Gasteiger partial charge is 0.481 e. The van der Waals surface area contributed by atoms with Crippen molar-refractivity contribution in [2.45, 2.75) is 38.1 Å². The van der Waals surface area contributed by atoms with Gasteiger partial charge in [-0.05, 0) is 37.2 Å². The molecule has 1 fully saturated rings. The molecule has 3 heterocycles. The third-order valence-corrected chi connectivity index (χ3v) is 5.42. The van der Waals surface area contributed by atoms with Crippen LogP contribution in [0.5, 0.6) is 0 Å². The summed E-state index contributed by atoms with van der Waals surface area (Å²) in [4.78, 5) is 27.0. The van der Waals surface area contributed by atoms with Crippen LogP contribution < -0.4 is 0 Å². The van der Waals surface area contributed by atoms with Crippen LogP contribution in [0.3, 0.4) is 0 Å². The minimum atomic E-state index is -1.01. The van der Waals surface area contributed by atoms with Gasteiger partial charge in [-0.1, -0.05) is 0 Å². The van der Waals surface area contributed by atoms with Crippen molar-refractivity contribution in [3.63, 3.8) is 0 Å². The zero-order chi connectivity index (χ0) is 15.0. The molecule has 6 nitrogen and oxygen atoms in total. The van der Waals surface area contributed by atoms with Gasteiger partial charge in [0.25, 0.3) is 0 Å². The third kappa shape index (κ3) is 2.66. The van der Waals surface area contributed by atoms with E-state index in [2.05, 4.69) is 4.98 Å². The van der Waals surface area contributed by atoms with E-state index >= 15 is 0 Å². The average Bonchev–Trinajstić information content (AvgIpc) is 2.87. The number of carbonyl (C=O) groups is 2. The number of hydrogen-bond acceptors (Lipinski definition) is 4. The van der Waals surface area contributed by atoms with Gasteiger partial charge in [-0.2, -0.15) is 11.8 Å². The number of carboxylic acids is 2. The van der Waals surface area contributed by atoms with E-state index in [0.717, 1.165) is 30.2 Å². The number of rotatable bonds is 3. The van der Waals surface area contributed by atoms with Crippen molar-refractivity contribution in [2.75, 3.05) is 11.5 Å². The first kappa shape index (κ1) is 14.4. The van der Waals surface area contributed by atoms with Gasteiger partial charge in [-0.3, -0.25) is 4.79 Å². The zero-order valence-corrected chi connectivity index (χ0v) is 12.4. The van der Waals surface area contributed by atoms with Gasteiger partial charge in [0.15, 0.2) is 5.69 Å². The summed E-state index contributed by atoms with van der Waals surface area (Å²) >= 11 is 1.90. The minimum absolute atomic E-state index is 0.118. The second-order valence-electron chi connectivity index (χ2n) is 5.64. The van der Waals surface area contributed by atoms with E-state index in [1.807, 2.05) is 16.3 Å². The molecular weight excluding hydrogens is 292 g/mol. The Kier molecular flexibility index (Phi) is 3.93. The number of fused-ring (bicyclic) bond motifs is 1. The maximum absolute atomic E-state index is 11.4. The summed E-state index contributed by atoms with van der Waals surface area (Å²) < 4.78 is 1.88. The van der Waals surface area contributed by atoms with Gasteiger partial charge in [0, 0.05) is 12.5 Å². The van der Waals surface area contributed by atoms with E-state index in [1.54, 1.807) is 0 Å². The lowest BCUT2D eigenvalue weighted by atomic mass is 9.96. The Balaban J connectivity index is 1.99. The van der Waals surface area contributed by atoms with E-state index < -0.39 is 17.9 Å². The number of aromatic nitrogens is 2. The molecule has 1 aromatic heterocycles. The van der Waals surface area contributed by atoms with Crippen LogP contribution in [0, 0.1) is 5.92 Å². The SMILES string of the molecule is O=C(O)c1nc(C2CCSCC2)n2c1CCC(C(=O)O)C2. The smallest absolute Gasteiger partial charge is 0.356 e. The molecule has 0 aliphatic carbocycles. The Morgan fingerprint density at radius 1 is 1.19 bits per heavy atom. The normalized spacial score (nSPS) is 22.8. The van der Waals surface area contributed by atoms with Crippen LogP contribution in [0.4, 0.5) is 0 Å². The Morgan fingerprint density at radius 2 is 1.90 bits per heavy atom. The van der Waals surface area contributed by atoms with Crippen LogP contribution in [-0.4, -0.2) is 43.2 Å². The van der Waals surface area contributed by atoms with Crippen LogP contribution in [-0.2, 0) is 17.8 Å². The highest BCUT2D eigenvalue weighted by atomic mass is 32.2. The highest BCUT2D eigenvalue weighted by molar-refractivity contribution is 7.99. The molecule has 0 amide bonds. The van der Waals surface area contributed by atoms with Gasteiger partial charge in [0.1, 0.15) is 5.82 Å². The van der Waals surface area contributed by atoms with E-state index in [9.17, 15) is 19.8 Å². The molecule has 0 spiro atoms.